The number of rotatable bonds is 5. The van der Waals surface area contributed by atoms with Crippen LogP contribution in [0.4, 0.5) is 23.4 Å². The summed E-state index contributed by atoms with van der Waals surface area (Å²) in [6, 6.07) is 8.84. The number of nitrogens with two attached hydrogens (primary N) is 1. The zero-order valence-electron chi connectivity index (χ0n) is 20.5. The summed E-state index contributed by atoms with van der Waals surface area (Å²) >= 11 is 1.85. The highest BCUT2D eigenvalue weighted by molar-refractivity contribution is 7.97. The molecule has 2 fully saturated rings. The largest absolute Gasteiger partial charge is 0.378 e. The molecule has 0 saturated carbocycles. The first-order valence-electron chi connectivity index (χ1n) is 12.4. The fourth-order valence-corrected chi connectivity index (χ4v) is 5.72. The van der Waals surface area contributed by atoms with E-state index in [0.717, 1.165) is 86.5 Å². The van der Waals surface area contributed by atoms with Crippen molar-refractivity contribution in [1.82, 2.24) is 29.1 Å². The quantitative estimate of drug-likeness (QED) is 0.517. The molecule has 1 aromatic carbocycles. The van der Waals surface area contributed by atoms with E-state index in [-0.39, 0.29) is 5.95 Å². The zero-order chi connectivity index (χ0) is 24.5. The summed E-state index contributed by atoms with van der Waals surface area (Å²) in [6.45, 7) is 8.15. The van der Waals surface area contributed by atoms with Gasteiger partial charge in [-0.2, -0.15) is 4.98 Å². The van der Waals surface area contributed by atoms with Gasteiger partial charge in [-0.15, -0.1) is 0 Å². The molecule has 188 valence electrons. The van der Waals surface area contributed by atoms with E-state index in [1.165, 1.54) is 4.90 Å². The van der Waals surface area contributed by atoms with Gasteiger partial charge in [0.05, 0.1) is 18.9 Å². The third kappa shape index (κ3) is 4.83. The molecule has 2 aromatic heterocycles. The normalized spacial score (nSPS) is 19.0. The Balaban J connectivity index is 1.30. The molecule has 11 heteroatoms. The summed E-state index contributed by atoms with van der Waals surface area (Å²) in [7, 11) is 2.18. The van der Waals surface area contributed by atoms with Crippen LogP contribution in [0.3, 0.4) is 0 Å². The third-order valence-electron chi connectivity index (χ3n) is 6.90. The number of anilines is 4. The Hall–Kier alpha value is -2.99. The van der Waals surface area contributed by atoms with Gasteiger partial charge >= 0.3 is 0 Å². The molecule has 0 radical (unpaired) electrons. The van der Waals surface area contributed by atoms with Crippen LogP contribution >= 0.6 is 11.9 Å². The molecule has 2 saturated heterocycles. The minimum atomic E-state index is 0.258. The summed E-state index contributed by atoms with van der Waals surface area (Å²) in [6.07, 6.45) is 4.36. The number of likely N-dealkylation sites (N-methyl/N-ethyl adjacent to an activating group) is 1. The SMILES string of the molecule is CN1CCN(Sc2ccc(N3CCc4c(-c5cnc(N)nc5)nc(N5CCOCC5)nc43)cc2)CC1. The van der Waals surface area contributed by atoms with E-state index in [0.29, 0.717) is 13.2 Å². The van der Waals surface area contributed by atoms with Crippen LogP contribution in [0.25, 0.3) is 11.3 Å². The fourth-order valence-electron chi connectivity index (χ4n) is 4.81. The summed E-state index contributed by atoms with van der Waals surface area (Å²) in [5.74, 6) is 1.94. The topological polar surface area (TPSA) is 99.8 Å². The van der Waals surface area contributed by atoms with E-state index in [1.807, 2.05) is 11.9 Å². The summed E-state index contributed by atoms with van der Waals surface area (Å²) < 4.78 is 8.00. The van der Waals surface area contributed by atoms with Gasteiger partial charge in [0.15, 0.2) is 0 Å². The Morgan fingerprint density at radius 3 is 2.33 bits per heavy atom. The predicted octanol–water partition coefficient (Wildman–Crippen LogP) is 2.30. The molecule has 0 bridgehead atoms. The molecular weight excluding hydrogens is 474 g/mol. The molecule has 3 aliphatic rings. The first-order valence-corrected chi connectivity index (χ1v) is 13.2. The van der Waals surface area contributed by atoms with Gasteiger partial charge in [-0.1, -0.05) is 0 Å². The molecule has 0 amide bonds. The van der Waals surface area contributed by atoms with E-state index >= 15 is 0 Å². The number of nitrogen functional groups attached to an aromatic ring is 1. The van der Waals surface area contributed by atoms with Crippen molar-refractivity contribution in [1.29, 1.82) is 0 Å². The van der Waals surface area contributed by atoms with Crippen LogP contribution in [0.15, 0.2) is 41.6 Å². The summed E-state index contributed by atoms with van der Waals surface area (Å²) in [5, 5.41) is 0. The lowest BCUT2D eigenvalue weighted by Gasteiger charge is -2.31. The lowest BCUT2D eigenvalue weighted by atomic mass is 10.1. The standard InChI is InChI=1S/C25H31N9OS/c1-31-8-10-33(11-9-31)36-20-4-2-19(3-5-20)34-7-6-21-22(18-16-27-24(26)28-17-18)29-25(30-23(21)34)32-12-14-35-15-13-32/h2-5,16-17H,6-15H2,1H3,(H2,26,27,28). The average Bonchev–Trinajstić information content (AvgIpc) is 3.35. The molecule has 2 N–H and O–H groups in total. The van der Waals surface area contributed by atoms with Crippen molar-refractivity contribution in [3.05, 3.63) is 42.2 Å². The van der Waals surface area contributed by atoms with Crippen LogP contribution < -0.4 is 15.5 Å². The highest BCUT2D eigenvalue weighted by atomic mass is 32.2. The maximum absolute atomic E-state index is 5.75. The molecule has 3 aromatic rings. The molecule has 10 nitrogen and oxygen atoms in total. The van der Waals surface area contributed by atoms with Crippen molar-refractivity contribution in [3.63, 3.8) is 0 Å². The van der Waals surface area contributed by atoms with Crippen molar-refractivity contribution >= 4 is 35.3 Å². The second-order valence-corrected chi connectivity index (χ2v) is 10.5. The molecular formula is C25H31N9OS. The molecule has 0 unspecified atom stereocenters. The maximum atomic E-state index is 5.75. The number of ether oxygens (including phenoxy) is 1. The van der Waals surface area contributed by atoms with Gasteiger partial charge < -0.3 is 25.2 Å². The van der Waals surface area contributed by atoms with Gasteiger partial charge in [-0.05, 0) is 49.7 Å². The van der Waals surface area contributed by atoms with Crippen LogP contribution in [-0.2, 0) is 11.2 Å². The van der Waals surface area contributed by atoms with E-state index in [9.17, 15) is 0 Å². The van der Waals surface area contributed by atoms with Crippen molar-refractivity contribution in [3.8, 4) is 11.3 Å². The molecule has 5 heterocycles. The maximum Gasteiger partial charge on any atom is 0.228 e. The second-order valence-electron chi connectivity index (χ2n) is 9.32. The molecule has 0 atom stereocenters. The van der Waals surface area contributed by atoms with E-state index in [1.54, 1.807) is 12.4 Å². The monoisotopic (exact) mass is 505 g/mol. The van der Waals surface area contributed by atoms with Crippen LogP contribution in [0.5, 0.6) is 0 Å². The van der Waals surface area contributed by atoms with Crippen molar-refractivity contribution in [2.75, 3.05) is 81.6 Å². The first kappa shape index (κ1) is 23.4. The van der Waals surface area contributed by atoms with Gasteiger partial charge in [0.2, 0.25) is 11.9 Å². The van der Waals surface area contributed by atoms with E-state index < -0.39 is 0 Å². The Labute approximate surface area is 215 Å². The van der Waals surface area contributed by atoms with E-state index in [4.69, 9.17) is 20.4 Å². The summed E-state index contributed by atoms with van der Waals surface area (Å²) in [5.41, 5.74) is 9.75. The minimum Gasteiger partial charge on any atom is -0.378 e. The van der Waals surface area contributed by atoms with Crippen LogP contribution in [0, 0.1) is 0 Å². The number of piperazine rings is 1. The fraction of sp³-hybridized carbons (Fsp3) is 0.440. The third-order valence-corrected chi connectivity index (χ3v) is 8.01. The number of nitrogens with zero attached hydrogens (tertiary/aromatic N) is 8. The van der Waals surface area contributed by atoms with Gasteiger partial charge in [0, 0.05) is 79.9 Å². The Kier molecular flexibility index (Phi) is 6.61. The minimum absolute atomic E-state index is 0.258. The van der Waals surface area contributed by atoms with Gasteiger partial charge in [0.1, 0.15) is 5.82 Å². The highest BCUT2D eigenvalue weighted by Gasteiger charge is 2.29. The van der Waals surface area contributed by atoms with Gasteiger partial charge in [-0.25, -0.2) is 19.3 Å². The van der Waals surface area contributed by atoms with Crippen LogP contribution in [0.1, 0.15) is 5.56 Å². The molecule has 3 aliphatic heterocycles. The van der Waals surface area contributed by atoms with Crippen LogP contribution in [-0.4, -0.2) is 95.2 Å². The number of fused-ring (bicyclic) bond motifs is 1. The Bertz CT molecular complexity index is 1190. The zero-order valence-corrected chi connectivity index (χ0v) is 21.3. The smallest absolute Gasteiger partial charge is 0.228 e. The number of hydrogen-bond donors (Lipinski definition) is 1. The number of morpholine rings is 1. The van der Waals surface area contributed by atoms with Crippen molar-refractivity contribution in [2.45, 2.75) is 11.3 Å². The second kappa shape index (κ2) is 10.2. The van der Waals surface area contributed by atoms with Crippen molar-refractivity contribution in [2.24, 2.45) is 0 Å². The molecule has 6 rings (SSSR count). The predicted molar refractivity (Wildman–Crippen MR) is 143 cm³/mol. The first-order chi connectivity index (χ1) is 17.6. The van der Waals surface area contributed by atoms with Crippen LogP contribution in [0.2, 0.25) is 0 Å². The Morgan fingerprint density at radius 2 is 1.61 bits per heavy atom. The lowest BCUT2D eigenvalue weighted by molar-refractivity contribution is 0.122. The van der Waals surface area contributed by atoms with E-state index in [2.05, 4.69) is 60.3 Å². The van der Waals surface area contributed by atoms with Gasteiger partial charge in [-0.3, -0.25) is 0 Å². The molecule has 0 spiro atoms. The lowest BCUT2D eigenvalue weighted by Crippen LogP contribution is -2.40. The number of hydrogen-bond acceptors (Lipinski definition) is 11. The van der Waals surface area contributed by atoms with Gasteiger partial charge in [0.25, 0.3) is 0 Å². The number of benzene rings is 1. The molecule has 36 heavy (non-hydrogen) atoms. The number of aromatic nitrogens is 4. The average molecular weight is 506 g/mol. The van der Waals surface area contributed by atoms with Crippen molar-refractivity contribution < 1.29 is 4.74 Å². The Morgan fingerprint density at radius 1 is 0.889 bits per heavy atom. The highest BCUT2D eigenvalue weighted by Crippen LogP contribution is 2.39. The molecule has 0 aliphatic carbocycles. The summed E-state index contributed by atoms with van der Waals surface area (Å²) in [4.78, 5) is 26.6.